The van der Waals surface area contributed by atoms with E-state index in [0.29, 0.717) is 32.6 Å². The number of rotatable bonds is 7. The standard InChI is InChI=1S/C10H24N6S2/c1-3-15(8(11)12)6-5-10(17,18)7-16(4-2)9(13)14/h17-18H,3-7H2,1-2H3,(H3,11,12)(H3,13,14). The molecule has 0 aliphatic heterocycles. The molecule has 0 aromatic rings. The summed E-state index contributed by atoms with van der Waals surface area (Å²) < 4.78 is -0.579. The van der Waals surface area contributed by atoms with E-state index in [0.717, 1.165) is 0 Å². The highest BCUT2D eigenvalue weighted by Gasteiger charge is 2.25. The van der Waals surface area contributed by atoms with E-state index in [9.17, 15) is 0 Å². The molecule has 0 saturated heterocycles. The van der Waals surface area contributed by atoms with Crippen molar-refractivity contribution in [2.45, 2.75) is 24.3 Å². The van der Waals surface area contributed by atoms with Gasteiger partial charge in [-0.1, -0.05) is 0 Å². The van der Waals surface area contributed by atoms with Crippen LogP contribution in [-0.4, -0.2) is 52.0 Å². The van der Waals surface area contributed by atoms with Crippen molar-refractivity contribution in [1.82, 2.24) is 9.80 Å². The molecule has 0 fully saturated rings. The molecule has 0 aromatic heterocycles. The first-order valence-electron chi connectivity index (χ1n) is 5.86. The normalized spacial score (nSPS) is 11.1. The first kappa shape index (κ1) is 17.2. The van der Waals surface area contributed by atoms with Gasteiger partial charge in [0.05, 0.1) is 4.08 Å². The van der Waals surface area contributed by atoms with Crippen molar-refractivity contribution in [3.63, 3.8) is 0 Å². The van der Waals surface area contributed by atoms with Gasteiger partial charge >= 0.3 is 0 Å². The minimum Gasteiger partial charge on any atom is -0.370 e. The van der Waals surface area contributed by atoms with Gasteiger partial charge < -0.3 is 21.3 Å². The van der Waals surface area contributed by atoms with Gasteiger partial charge in [-0.05, 0) is 20.3 Å². The fraction of sp³-hybridized carbons (Fsp3) is 0.800. The zero-order valence-corrected chi connectivity index (χ0v) is 12.8. The highest BCUT2D eigenvalue weighted by atomic mass is 32.2. The topological polar surface area (TPSA) is 106 Å². The molecule has 0 aliphatic rings. The van der Waals surface area contributed by atoms with E-state index in [2.05, 4.69) is 25.3 Å². The Morgan fingerprint density at radius 3 is 1.83 bits per heavy atom. The minimum atomic E-state index is -0.579. The maximum absolute atomic E-state index is 7.42. The van der Waals surface area contributed by atoms with Crippen molar-refractivity contribution in [1.29, 1.82) is 10.8 Å². The Kier molecular flexibility index (Phi) is 7.30. The molecule has 8 heteroatoms. The number of nitrogens with one attached hydrogen (secondary N) is 2. The van der Waals surface area contributed by atoms with Gasteiger partial charge in [0, 0.05) is 26.2 Å². The quantitative estimate of drug-likeness (QED) is 0.176. The lowest BCUT2D eigenvalue weighted by molar-refractivity contribution is 0.373. The lowest BCUT2D eigenvalue weighted by atomic mass is 10.2. The van der Waals surface area contributed by atoms with Crippen LogP contribution in [-0.2, 0) is 0 Å². The van der Waals surface area contributed by atoms with Gasteiger partial charge in [-0.3, -0.25) is 10.8 Å². The van der Waals surface area contributed by atoms with Crippen LogP contribution in [0.3, 0.4) is 0 Å². The molecule has 0 spiro atoms. The fourth-order valence-corrected chi connectivity index (χ4v) is 2.06. The zero-order valence-electron chi connectivity index (χ0n) is 11.0. The van der Waals surface area contributed by atoms with Crippen LogP contribution in [0.1, 0.15) is 20.3 Å². The average molecular weight is 292 g/mol. The molecule has 18 heavy (non-hydrogen) atoms. The number of nitrogens with zero attached hydrogens (tertiary/aromatic N) is 2. The van der Waals surface area contributed by atoms with Crippen LogP contribution >= 0.6 is 25.3 Å². The average Bonchev–Trinajstić information content (AvgIpc) is 2.25. The fourth-order valence-electron chi connectivity index (χ4n) is 1.51. The Labute approximate surface area is 120 Å². The zero-order chi connectivity index (χ0) is 14.3. The molecule has 0 atom stereocenters. The molecule has 0 saturated carbocycles. The van der Waals surface area contributed by atoms with E-state index in [1.54, 1.807) is 9.80 Å². The summed E-state index contributed by atoms with van der Waals surface area (Å²) in [4.78, 5) is 3.44. The second-order valence-electron chi connectivity index (χ2n) is 4.10. The van der Waals surface area contributed by atoms with Crippen LogP contribution in [0.25, 0.3) is 0 Å². The Balaban J connectivity index is 4.37. The maximum Gasteiger partial charge on any atom is 0.188 e. The summed E-state index contributed by atoms with van der Waals surface area (Å²) in [5.74, 6) is 0.0674. The van der Waals surface area contributed by atoms with Crippen LogP contribution in [0, 0.1) is 10.8 Å². The van der Waals surface area contributed by atoms with Crippen LogP contribution in [0.5, 0.6) is 0 Å². The monoisotopic (exact) mass is 292 g/mol. The number of hydrogen-bond acceptors (Lipinski definition) is 4. The van der Waals surface area contributed by atoms with E-state index in [1.807, 2.05) is 13.8 Å². The van der Waals surface area contributed by atoms with E-state index >= 15 is 0 Å². The van der Waals surface area contributed by atoms with Crippen molar-refractivity contribution >= 4 is 37.2 Å². The van der Waals surface area contributed by atoms with Crippen molar-refractivity contribution in [3.05, 3.63) is 0 Å². The molecule has 6 nitrogen and oxygen atoms in total. The predicted octanol–water partition coefficient (Wildman–Crippen LogP) is 0.363. The Morgan fingerprint density at radius 1 is 1.06 bits per heavy atom. The second-order valence-corrected chi connectivity index (χ2v) is 6.16. The third kappa shape index (κ3) is 6.25. The van der Waals surface area contributed by atoms with Gasteiger partial charge in [-0.2, -0.15) is 25.3 Å². The van der Waals surface area contributed by atoms with Crippen LogP contribution in [0.4, 0.5) is 0 Å². The van der Waals surface area contributed by atoms with Gasteiger partial charge in [-0.25, -0.2) is 0 Å². The molecule has 0 bridgehead atoms. The smallest absolute Gasteiger partial charge is 0.188 e. The molecule has 0 heterocycles. The molecule has 0 radical (unpaired) electrons. The lowest BCUT2D eigenvalue weighted by Gasteiger charge is -2.32. The number of hydrogen-bond donors (Lipinski definition) is 6. The van der Waals surface area contributed by atoms with E-state index in [1.165, 1.54) is 0 Å². The molecule has 0 aliphatic carbocycles. The highest BCUT2D eigenvalue weighted by molar-refractivity contribution is 8.00. The molecule has 0 rings (SSSR count). The van der Waals surface area contributed by atoms with Crippen LogP contribution < -0.4 is 11.5 Å². The highest BCUT2D eigenvalue weighted by Crippen LogP contribution is 2.25. The summed E-state index contributed by atoms with van der Waals surface area (Å²) in [6.45, 7) is 6.26. The number of thiol groups is 2. The van der Waals surface area contributed by atoms with Crippen LogP contribution in [0.15, 0.2) is 0 Å². The predicted molar refractivity (Wildman–Crippen MR) is 83.6 cm³/mol. The summed E-state index contributed by atoms with van der Waals surface area (Å²) in [6.07, 6.45) is 0.635. The molecular formula is C10H24N6S2. The molecule has 6 N–H and O–H groups in total. The third-order valence-corrected chi connectivity index (χ3v) is 3.40. The van der Waals surface area contributed by atoms with Crippen molar-refractivity contribution in [3.8, 4) is 0 Å². The van der Waals surface area contributed by atoms with Gasteiger partial charge in [0.25, 0.3) is 0 Å². The van der Waals surface area contributed by atoms with Crippen molar-refractivity contribution in [2.24, 2.45) is 11.5 Å². The Hall–Kier alpha value is -0.760. The number of guanidine groups is 2. The molecular weight excluding hydrogens is 268 g/mol. The maximum atomic E-state index is 7.42. The van der Waals surface area contributed by atoms with Gasteiger partial charge in [0.1, 0.15) is 0 Å². The molecule has 106 valence electrons. The van der Waals surface area contributed by atoms with Gasteiger partial charge in [-0.15, -0.1) is 0 Å². The summed E-state index contributed by atoms with van der Waals surface area (Å²) in [7, 11) is 0. The lowest BCUT2D eigenvalue weighted by Crippen LogP contribution is -2.45. The minimum absolute atomic E-state index is 0.0175. The molecule has 0 amide bonds. The SMILES string of the molecule is CCN(CCC(S)(S)CN(CC)C(=N)N)C(=N)N. The van der Waals surface area contributed by atoms with Crippen molar-refractivity contribution < 1.29 is 0 Å². The summed E-state index contributed by atoms with van der Waals surface area (Å²) >= 11 is 8.98. The van der Waals surface area contributed by atoms with E-state index in [-0.39, 0.29) is 11.9 Å². The first-order chi connectivity index (χ1) is 8.23. The second kappa shape index (κ2) is 7.63. The summed E-state index contributed by atoms with van der Waals surface area (Å²) in [5.41, 5.74) is 10.9. The van der Waals surface area contributed by atoms with Crippen LogP contribution in [0.2, 0.25) is 0 Å². The molecule has 0 unspecified atom stereocenters. The third-order valence-electron chi connectivity index (χ3n) is 2.67. The van der Waals surface area contributed by atoms with E-state index < -0.39 is 4.08 Å². The largest absolute Gasteiger partial charge is 0.370 e. The van der Waals surface area contributed by atoms with Crippen molar-refractivity contribution in [2.75, 3.05) is 26.2 Å². The Bertz CT molecular complexity index is 294. The van der Waals surface area contributed by atoms with Gasteiger partial charge in [0.15, 0.2) is 11.9 Å². The summed E-state index contributed by atoms with van der Waals surface area (Å²) in [6, 6.07) is 0. The number of nitrogens with two attached hydrogens (primary N) is 2. The van der Waals surface area contributed by atoms with Gasteiger partial charge in [0.2, 0.25) is 0 Å². The molecule has 0 aromatic carbocycles. The summed E-state index contributed by atoms with van der Waals surface area (Å²) in [5, 5.41) is 14.8. The first-order valence-corrected chi connectivity index (χ1v) is 6.75. The van der Waals surface area contributed by atoms with E-state index in [4.69, 9.17) is 22.3 Å². The Morgan fingerprint density at radius 2 is 1.50 bits per heavy atom.